The number of benzene rings is 2. The summed E-state index contributed by atoms with van der Waals surface area (Å²) in [6, 6.07) is 12.5. The molecule has 0 unspecified atom stereocenters. The number of hydrogen-bond acceptors (Lipinski definition) is 3. The third-order valence-electron chi connectivity index (χ3n) is 5.71. The normalized spacial score (nSPS) is 13.9. The van der Waals surface area contributed by atoms with Crippen molar-refractivity contribution < 1.29 is 9.90 Å². The third-order valence-corrected chi connectivity index (χ3v) is 6.24. The molecular formula is C24H23Cl2N3O2. The van der Waals surface area contributed by atoms with E-state index >= 15 is 0 Å². The first-order valence-corrected chi connectivity index (χ1v) is 10.9. The predicted octanol–water partition coefficient (Wildman–Crippen LogP) is 5.36. The second-order valence-electron chi connectivity index (χ2n) is 7.70. The number of carbonyl (C=O) groups excluding carboxylic acids is 1. The quantitative estimate of drug-likeness (QED) is 0.575. The molecule has 0 bridgehead atoms. The number of aryl methyl sites for hydroxylation is 1. The molecule has 0 fully saturated rings. The van der Waals surface area contributed by atoms with Crippen molar-refractivity contribution in [2.75, 3.05) is 13.1 Å². The summed E-state index contributed by atoms with van der Waals surface area (Å²) >= 11 is 12.4. The molecule has 0 spiro atoms. The first-order valence-electron chi connectivity index (χ1n) is 10.1. The molecule has 1 N–H and O–H groups in total. The molecule has 7 heteroatoms. The molecule has 5 nitrogen and oxygen atoms in total. The molecule has 2 aromatic carbocycles. The minimum atomic E-state index is 0.0777. The molecule has 31 heavy (non-hydrogen) atoms. The fourth-order valence-electron chi connectivity index (χ4n) is 3.91. The van der Waals surface area contributed by atoms with E-state index in [2.05, 4.69) is 11.2 Å². The Balaban J connectivity index is 1.49. The smallest absolute Gasteiger partial charge is 0.227 e. The van der Waals surface area contributed by atoms with E-state index in [1.807, 2.05) is 36.9 Å². The van der Waals surface area contributed by atoms with E-state index < -0.39 is 0 Å². The average molecular weight is 456 g/mol. The number of aromatic nitrogens is 2. The van der Waals surface area contributed by atoms with Crippen LogP contribution in [0.25, 0.3) is 11.3 Å². The van der Waals surface area contributed by atoms with Crippen LogP contribution in [0, 0.1) is 13.8 Å². The fourth-order valence-corrected chi connectivity index (χ4v) is 4.40. The number of rotatable bonds is 4. The molecule has 4 rings (SSSR count). The summed E-state index contributed by atoms with van der Waals surface area (Å²) in [4.78, 5) is 14.9. The summed E-state index contributed by atoms with van der Waals surface area (Å²) in [5.41, 5.74) is 5.65. The SMILES string of the molecule is Cc1nn(-c2ccc(Cl)cc2Cl)c(C)c1CC(=O)N1CC=C(c2ccc(O)cc2)CC1. The standard InChI is InChI=1S/C24H23Cl2N3O2/c1-15-21(16(2)29(27-15)23-8-5-19(25)13-22(23)26)14-24(31)28-11-9-18(10-12-28)17-3-6-20(30)7-4-17/h3-9,13,30H,10-12,14H2,1-2H3. The minimum absolute atomic E-state index is 0.0777. The van der Waals surface area contributed by atoms with Gasteiger partial charge in [-0.2, -0.15) is 5.10 Å². The van der Waals surface area contributed by atoms with Gasteiger partial charge in [0, 0.05) is 29.4 Å². The molecule has 0 saturated heterocycles. The Bertz CT molecular complexity index is 1170. The van der Waals surface area contributed by atoms with Crippen molar-refractivity contribution in [1.82, 2.24) is 14.7 Å². The summed E-state index contributed by atoms with van der Waals surface area (Å²) in [5.74, 6) is 0.331. The Hall–Kier alpha value is -2.76. The van der Waals surface area contributed by atoms with Crippen LogP contribution < -0.4 is 0 Å². The van der Waals surface area contributed by atoms with Gasteiger partial charge in [0.2, 0.25) is 5.91 Å². The lowest BCUT2D eigenvalue weighted by atomic mass is 9.99. The fraction of sp³-hybridized carbons (Fsp3) is 0.250. The van der Waals surface area contributed by atoms with E-state index in [4.69, 9.17) is 23.2 Å². The van der Waals surface area contributed by atoms with Crippen LogP contribution in [0.5, 0.6) is 5.75 Å². The molecular weight excluding hydrogens is 433 g/mol. The highest BCUT2D eigenvalue weighted by Crippen LogP contribution is 2.28. The Labute approximate surface area is 191 Å². The van der Waals surface area contributed by atoms with Gasteiger partial charge in [-0.3, -0.25) is 4.79 Å². The van der Waals surface area contributed by atoms with Gasteiger partial charge in [0.1, 0.15) is 5.75 Å². The Morgan fingerprint density at radius 2 is 1.87 bits per heavy atom. The van der Waals surface area contributed by atoms with Gasteiger partial charge in [0.25, 0.3) is 0 Å². The molecule has 1 aliphatic rings. The van der Waals surface area contributed by atoms with Crippen molar-refractivity contribution >= 4 is 34.7 Å². The first kappa shape index (κ1) is 21.5. The van der Waals surface area contributed by atoms with Gasteiger partial charge >= 0.3 is 0 Å². The number of aromatic hydroxyl groups is 1. The number of amides is 1. The Morgan fingerprint density at radius 1 is 1.13 bits per heavy atom. The lowest BCUT2D eigenvalue weighted by molar-refractivity contribution is -0.130. The summed E-state index contributed by atoms with van der Waals surface area (Å²) in [6.07, 6.45) is 3.17. The van der Waals surface area contributed by atoms with E-state index in [0.717, 1.165) is 34.6 Å². The van der Waals surface area contributed by atoms with Crippen molar-refractivity contribution in [3.63, 3.8) is 0 Å². The van der Waals surface area contributed by atoms with Crippen LogP contribution in [0.1, 0.15) is 28.9 Å². The molecule has 1 aliphatic heterocycles. The lowest BCUT2D eigenvalue weighted by Gasteiger charge is -2.27. The van der Waals surface area contributed by atoms with Gasteiger partial charge in [-0.05, 0) is 61.7 Å². The number of nitrogens with zero attached hydrogens (tertiary/aromatic N) is 3. The second-order valence-corrected chi connectivity index (χ2v) is 8.54. The van der Waals surface area contributed by atoms with E-state index in [-0.39, 0.29) is 11.7 Å². The van der Waals surface area contributed by atoms with Crippen LogP contribution in [0.2, 0.25) is 10.0 Å². The first-order chi connectivity index (χ1) is 14.8. The van der Waals surface area contributed by atoms with Crippen molar-refractivity contribution in [3.8, 4) is 11.4 Å². The number of halogens is 2. The molecule has 1 amide bonds. The highest BCUT2D eigenvalue weighted by molar-refractivity contribution is 6.35. The van der Waals surface area contributed by atoms with E-state index in [1.165, 1.54) is 5.57 Å². The van der Waals surface area contributed by atoms with Gasteiger partial charge in [-0.25, -0.2) is 4.68 Å². The summed E-state index contributed by atoms with van der Waals surface area (Å²) < 4.78 is 1.77. The molecule has 3 aromatic rings. The Morgan fingerprint density at radius 3 is 2.52 bits per heavy atom. The number of phenolic OH excluding ortho intramolecular Hbond substituents is 1. The van der Waals surface area contributed by atoms with Crippen LogP contribution in [0.4, 0.5) is 0 Å². The third kappa shape index (κ3) is 4.48. The van der Waals surface area contributed by atoms with Crippen molar-refractivity contribution in [2.24, 2.45) is 0 Å². The number of carbonyl (C=O) groups is 1. The van der Waals surface area contributed by atoms with Crippen molar-refractivity contribution in [3.05, 3.63) is 81.1 Å². The van der Waals surface area contributed by atoms with E-state index in [0.29, 0.717) is 29.6 Å². The topological polar surface area (TPSA) is 58.4 Å². The van der Waals surface area contributed by atoms with Crippen LogP contribution >= 0.6 is 23.2 Å². The van der Waals surface area contributed by atoms with Gasteiger partial charge in [0.15, 0.2) is 0 Å². The van der Waals surface area contributed by atoms with Crippen LogP contribution in [-0.2, 0) is 11.2 Å². The molecule has 160 valence electrons. The maximum absolute atomic E-state index is 13.0. The monoisotopic (exact) mass is 455 g/mol. The van der Waals surface area contributed by atoms with E-state index in [1.54, 1.807) is 28.9 Å². The molecule has 0 radical (unpaired) electrons. The van der Waals surface area contributed by atoms with Crippen LogP contribution in [0.15, 0.2) is 48.5 Å². The highest BCUT2D eigenvalue weighted by atomic mass is 35.5. The van der Waals surface area contributed by atoms with Gasteiger partial charge < -0.3 is 10.0 Å². The van der Waals surface area contributed by atoms with Gasteiger partial charge in [0.05, 0.1) is 22.8 Å². The zero-order chi connectivity index (χ0) is 22.1. The molecule has 0 saturated carbocycles. The Kier molecular flexibility index (Phi) is 6.08. The predicted molar refractivity (Wildman–Crippen MR) is 124 cm³/mol. The number of phenols is 1. The zero-order valence-corrected chi connectivity index (χ0v) is 18.9. The largest absolute Gasteiger partial charge is 0.508 e. The molecule has 1 aromatic heterocycles. The zero-order valence-electron chi connectivity index (χ0n) is 17.4. The molecule has 2 heterocycles. The summed E-state index contributed by atoms with van der Waals surface area (Å²) in [5, 5.41) is 15.2. The van der Waals surface area contributed by atoms with Crippen molar-refractivity contribution in [1.29, 1.82) is 0 Å². The van der Waals surface area contributed by atoms with E-state index in [9.17, 15) is 9.90 Å². The van der Waals surface area contributed by atoms with Crippen LogP contribution in [-0.4, -0.2) is 38.8 Å². The molecule has 0 atom stereocenters. The van der Waals surface area contributed by atoms with Gasteiger partial charge in [-0.15, -0.1) is 0 Å². The second kappa shape index (κ2) is 8.77. The summed E-state index contributed by atoms with van der Waals surface area (Å²) in [7, 11) is 0. The maximum Gasteiger partial charge on any atom is 0.227 e. The lowest BCUT2D eigenvalue weighted by Crippen LogP contribution is -2.35. The minimum Gasteiger partial charge on any atom is -0.508 e. The van der Waals surface area contributed by atoms with Crippen LogP contribution in [0.3, 0.4) is 0 Å². The summed E-state index contributed by atoms with van der Waals surface area (Å²) in [6.45, 7) is 5.10. The average Bonchev–Trinajstić information content (AvgIpc) is 3.02. The molecule has 0 aliphatic carbocycles. The maximum atomic E-state index is 13.0. The highest BCUT2D eigenvalue weighted by Gasteiger charge is 2.22. The van der Waals surface area contributed by atoms with Crippen molar-refractivity contribution in [2.45, 2.75) is 26.7 Å². The van der Waals surface area contributed by atoms with Gasteiger partial charge in [-0.1, -0.05) is 41.4 Å². The number of hydrogen-bond donors (Lipinski definition) is 1.